The molecule has 0 aliphatic heterocycles. The summed E-state index contributed by atoms with van der Waals surface area (Å²) in [7, 11) is 0. The topological polar surface area (TPSA) is 94.5 Å². The van der Waals surface area contributed by atoms with Gasteiger partial charge in [-0.25, -0.2) is 0 Å². The first-order valence-corrected chi connectivity index (χ1v) is 0. The predicted octanol–water partition coefficient (Wildman–Crippen LogP) is -8.47. The molecule has 0 amide bonds. The Kier molecular flexibility index (Phi) is 4360. The molecule has 0 saturated carbocycles. The SMILES string of the molecule is O.O.O.[F-].[Na+]. The first-order valence-electron chi connectivity index (χ1n) is 0. The van der Waals surface area contributed by atoms with Crippen LogP contribution in [0.4, 0.5) is 0 Å². The molecule has 6 N–H and O–H groups in total. The molecule has 0 saturated heterocycles. The van der Waals surface area contributed by atoms with Crippen LogP contribution in [0.5, 0.6) is 0 Å². The van der Waals surface area contributed by atoms with Crippen molar-refractivity contribution in [2.45, 2.75) is 0 Å². The van der Waals surface area contributed by atoms with E-state index in [0.29, 0.717) is 0 Å². The van der Waals surface area contributed by atoms with Crippen LogP contribution in [0.15, 0.2) is 0 Å². The van der Waals surface area contributed by atoms with E-state index in [9.17, 15) is 0 Å². The van der Waals surface area contributed by atoms with Crippen LogP contribution in [0.3, 0.4) is 0 Å². The third-order valence-corrected chi connectivity index (χ3v) is 0. The Labute approximate surface area is 51.0 Å². The Morgan fingerprint density at radius 2 is 0.600 bits per heavy atom. The van der Waals surface area contributed by atoms with Crippen LogP contribution in [0.2, 0.25) is 0 Å². The maximum atomic E-state index is 0. The quantitative estimate of drug-likeness (QED) is 0.268. The van der Waals surface area contributed by atoms with Gasteiger partial charge in [-0.2, -0.15) is 0 Å². The molecule has 3 nitrogen and oxygen atoms in total. The molecule has 0 aromatic carbocycles. The number of rotatable bonds is 0. The maximum Gasteiger partial charge on any atom is 1.00 e. The maximum absolute atomic E-state index is 0. The van der Waals surface area contributed by atoms with Crippen LogP contribution < -0.4 is 34.3 Å². The van der Waals surface area contributed by atoms with Gasteiger partial charge >= 0.3 is 29.6 Å². The first-order chi connectivity index (χ1) is 0. The fourth-order valence-electron chi connectivity index (χ4n) is 0. The van der Waals surface area contributed by atoms with Gasteiger partial charge in [-0.15, -0.1) is 0 Å². The number of hydrogen-bond acceptors (Lipinski definition) is 0. The standard InChI is InChI=1S/FH.Na.3H2O/h1H;;3*1H2/q;+1;;;/p-1. The van der Waals surface area contributed by atoms with Gasteiger partial charge in [0.2, 0.25) is 0 Å². The van der Waals surface area contributed by atoms with Crippen LogP contribution >= 0.6 is 0 Å². The Bertz CT molecular complexity index is 6.85. The minimum Gasteiger partial charge on any atom is -1.00 e. The van der Waals surface area contributed by atoms with Gasteiger partial charge in [0.25, 0.3) is 0 Å². The fourth-order valence-corrected chi connectivity index (χ4v) is 0. The Morgan fingerprint density at radius 1 is 0.600 bits per heavy atom. The molecule has 0 heterocycles. The van der Waals surface area contributed by atoms with E-state index in [2.05, 4.69) is 0 Å². The Hall–Kier alpha value is 0.810. The molecular formula is H6FNaO3. The summed E-state index contributed by atoms with van der Waals surface area (Å²) >= 11 is 0. The van der Waals surface area contributed by atoms with E-state index in [4.69, 9.17) is 0 Å². The molecule has 0 fully saturated rings. The summed E-state index contributed by atoms with van der Waals surface area (Å²) in [5, 5.41) is 0. The van der Waals surface area contributed by atoms with E-state index in [-0.39, 0.29) is 50.7 Å². The Balaban J connectivity index is 0. The third-order valence-electron chi connectivity index (χ3n) is 0. The Morgan fingerprint density at radius 3 is 0.600 bits per heavy atom. The number of hydrogen-bond donors (Lipinski definition) is 0. The van der Waals surface area contributed by atoms with Crippen molar-refractivity contribution in [3.8, 4) is 0 Å². The van der Waals surface area contributed by atoms with Crippen molar-refractivity contribution in [1.29, 1.82) is 0 Å². The second-order valence-corrected chi connectivity index (χ2v) is 0. The molecule has 0 atom stereocenters. The van der Waals surface area contributed by atoms with Gasteiger partial charge in [0, 0.05) is 0 Å². The van der Waals surface area contributed by atoms with Crippen molar-refractivity contribution < 1.29 is 50.7 Å². The van der Waals surface area contributed by atoms with Gasteiger partial charge in [-0.05, 0) is 0 Å². The van der Waals surface area contributed by atoms with Crippen LogP contribution in [0, 0.1) is 0 Å². The zero-order valence-corrected chi connectivity index (χ0v) is 4.88. The zero-order chi connectivity index (χ0) is 0. The molecule has 0 unspecified atom stereocenters. The summed E-state index contributed by atoms with van der Waals surface area (Å²) in [6, 6.07) is 0. The predicted molar refractivity (Wildman–Crippen MR) is 10.8 cm³/mol. The van der Waals surface area contributed by atoms with Gasteiger partial charge in [-0.1, -0.05) is 0 Å². The fraction of sp³-hybridized carbons (Fsp3) is 0. The van der Waals surface area contributed by atoms with Crippen LogP contribution in [-0.4, -0.2) is 16.4 Å². The molecule has 0 rings (SSSR count). The molecule has 5 heavy (non-hydrogen) atoms. The van der Waals surface area contributed by atoms with E-state index < -0.39 is 0 Å². The average Bonchev–Trinajstić information content (AvgIpc) is 0. The second kappa shape index (κ2) is 106. The van der Waals surface area contributed by atoms with E-state index in [1.165, 1.54) is 0 Å². The smallest absolute Gasteiger partial charge is 1.00 e. The summed E-state index contributed by atoms with van der Waals surface area (Å²) in [4.78, 5) is 0. The van der Waals surface area contributed by atoms with Crippen molar-refractivity contribution in [2.24, 2.45) is 0 Å². The van der Waals surface area contributed by atoms with E-state index in [0.717, 1.165) is 0 Å². The van der Waals surface area contributed by atoms with E-state index in [1.807, 2.05) is 0 Å². The molecule has 0 spiro atoms. The molecule has 32 valence electrons. The van der Waals surface area contributed by atoms with Gasteiger partial charge in [0.05, 0.1) is 0 Å². The van der Waals surface area contributed by atoms with Gasteiger partial charge in [0.15, 0.2) is 0 Å². The molecule has 5 heteroatoms. The summed E-state index contributed by atoms with van der Waals surface area (Å²) in [5.41, 5.74) is 0. The molecule has 0 aromatic heterocycles. The summed E-state index contributed by atoms with van der Waals surface area (Å²) in [6.45, 7) is 0. The van der Waals surface area contributed by atoms with Crippen molar-refractivity contribution in [2.75, 3.05) is 0 Å². The molecule has 0 bridgehead atoms. The van der Waals surface area contributed by atoms with Gasteiger partial charge < -0.3 is 21.1 Å². The van der Waals surface area contributed by atoms with Crippen LogP contribution in [0.25, 0.3) is 0 Å². The molecule has 0 radical (unpaired) electrons. The van der Waals surface area contributed by atoms with Crippen LogP contribution in [0.1, 0.15) is 0 Å². The van der Waals surface area contributed by atoms with Crippen molar-refractivity contribution in [3.63, 3.8) is 0 Å². The minimum atomic E-state index is 0. The minimum absolute atomic E-state index is 0. The normalized spacial score (nSPS) is 0. The first kappa shape index (κ1) is 205. The molecular weight excluding hydrogens is 90.0 g/mol. The van der Waals surface area contributed by atoms with Crippen LogP contribution in [-0.2, 0) is 0 Å². The second-order valence-electron chi connectivity index (χ2n) is 0. The van der Waals surface area contributed by atoms with E-state index >= 15 is 0 Å². The summed E-state index contributed by atoms with van der Waals surface area (Å²) in [5.74, 6) is 0. The monoisotopic (exact) mass is 96.0 g/mol. The zero-order valence-electron chi connectivity index (χ0n) is 2.88. The van der Waals surface area contributed by atoms with Crippen molar-refractivity contribution >= 4 is 0 Å². The molecule has 0 aliphatic rings. The third kappa shape index (κ3) is 57.9. The number of halogens is 1. The van der Waals surface area contributed by atoms with Crippen molar-refractivity contribution in [3.05, 3.63) is 0 Å². The van der Waals surface area contributed by atoms with E-state index in [1.54, 1.807) is 0 Å². The summed E-state index contributed by atoms with van der Waals surface area (Å²) < 4.78 is 0. The van der Waals surface area contributed by atoms with Gasteiger partial charge in [-0.3, -0.25) is 0 Å². The summed E-state index contributed by atoms with van der Waals surface area (Å²) in [6.07, 6.45) is 0. The molecule has 0 aliphatic carbocycles. The average molecular weight is 96.0 g/mol. The largest absolute Gasteiger partial charge is 1.00 e. The molecule has 0 aromatic rings. The van der Waals surface area contributed by atoms with Gasteiger partial charge in [0.1, 0.15) is 0 Å². The van der Waals surface area contributed by atoms with Crippen molar-refractivity contribution in [1.82, 2.24) is 0 Å².